The molecule has 5 rings (SSSR count). The Morgan fingerprint density at radius 1 is 1.00 bits per heavy atom. The number of hydrogen-bond acceptors (Lipinski definition) is 6. The lowest BCUT2D eigenvalue weighted by Crippen LogP contribution is -2.42. The van der Waals surface area contributed by atoms with Crippen molar-refractivity contribution in [2.24, 2.45) is 0 Å². The summed E-state index contributed by atoms with van der Waals surface area (Å²) >= 11 is 0. The summed E-state index contributed by atoms with van der Waals surface area (Å²) in [4.78, 5) is 37.3. The second-order valence-corrected chi connectivity index (χ2v) is 9.79. The van der Waals surface area contributed by atoms with E-state index in [9.17, 15) is 24.6 Å². The van der Waals surface area contributed by atoms with Gasteiger partial charge in [0.15, 0.2) is 0 Å². The van der Waals surface area contributed by atoms with E-state index in [0.29, 0.717) is 16.7 Å². The van der Waals surface area contributed by atoms with Crippen LogP contribution in [-0.4, -0.2) is 28.1 Å². The number of carboxylic acids is 1. The minimum absolute atomic E-state index is 0.0567. The maximum absolute atomic E-state index is 12.9. The van der Waals surface area contributed by atoms with E-state index in [4.69, 9.17) is 8.83 Å². The Bertz CT molecular complexity index is 1580. The summed E-state index contributed by atoms with van der Waals surface area (Å²) in [5.74, 6) is -0.545. The zero-order chi connectivity index (χ0) is 26.3. The minimum atomic E-state index is -1.16. The van der Waals surface area contributed by atoms with Gasteiger partial charge < -0.3 is 24.4 Å². The van der Waals surface area contributed by atoms with Crippen LogP contribution in [0.15, 0.2) is 44.0 Å². The van der Waals surface area contributed by atoms with E-state index in [1.165, 1.54) is 17.7 Å². The Balaban J connectivity index is 1.38. The fourth-order valence-corrected chi connectivity index (χ4v) is 5.28. The van der Waals surface area contributed by atoms with Crippen LogP contribution < -0.4 is 10.9 Å². The van der Waals surface area contributed by atoms with Crippen molar-refractivity contribution in [3.63, 3.8) is 0 Å². The second kappa shape index (κ2) is 9.76. The fraction of sp³-hybridized carbons (Fsp3) is 0.345. The third-order valence-corrected chi connectivity index (χ3v) is 7.34. The number of aromatic hydroxyl groups is 1. The van der Waals surface area contributed by atoms with Crippen LogP contribution in [0.2, 0.25) is 0 Å². The van der Waals surface area contributed by atoms with E-state index >= 15 is 0 Å². The number of benzene rings is 2. The Labute approximate surface area is 212 Å². The lowest BCUT2D eigenvalue weighted by atomic mass is 9.93. The molecule has 1 amide bonds. The van der Waals surface area contributed by atoms with Gasteiger partial charge in [0, 0.05) is 46.7 Å². The van der Waals surface area contributed by atoms with Gasteiger partial charge in [-0.1, -0.05) is 12.1 Å². The largest absolute Gasteiger partial charge is 0.508 e. The van der Waals surface area contributed by atoms with Crippen molar-refractivity contribution in [2.75, 3.05) is 0 Å². The number of fused-ring (bicyclic) bond motifs is 4. The number of carboxylic acid groups (broad SMARTS) is 1. The highest BCUT2D eigenvalue weighted by Crippen LogP contribution is 2.38. The Hall–Kier alpha value is -4.07. The van der Waals surface area contributed by atoms with Crippen LogP contribution in [0.3, 0.4) is 0 Å². The van der Waals surface area contributed by atoms with Gasteiger partial charge in [-0.15, -0.1) is 0 Å². The molecule has 1 aliphatic carbocycles. The highest BCUT2D eigenvalue weighted by molar-refractivity contribution is 6.00. The molecule has 0 aliphatic heterocycles. The third kappa shape index (κ3) is 4.71. The molecule has 2 heterocycles. The lowest BCUT2D eigenvalue weighted by Gasteiger charge is -2.15. The van der Waals surface area contributed by atoms with Crippen molar-refractivity contribution in [3.8, 4) is 5.75 Å². The molecular formula is C29H29NO7. The van der Waals surface area contributed by atoms with Crippen LogP contribution >= 0.6 is 0 Å². The van der Waals surface area contributed by atoms with Crippen molar-refractivity contribution in [2.45, 2.75) is 64.8 Å². The molecule has 1 atom stereocenters. The number of hydrogen-bond donors (Lipinski definition) is 3. The number of carbonyl (C=O) groups is 2. The van der Waals surface area contributed by atoms with Crippen LogP contribution in [0.4, 0.5) is 0 Å². The number of aliphatic carboxylic acids is 1. The van der Waals surface area contributed by atoms with E-state index in [1.807, 2.05) is 19.9 Å². The lowest BCUT2D eigenvalue weighted by molar-refractivity contribution is -0.141. The van der Waals surface area contributed by atoms with Crippen molar-refractivity contribution < 1.29 is 28.6 Å². The average molecular weight is 504 g/mol. The van der Waals surface area contributed by atoms with Crippen LogP contribution in [0.25, 0.3) is 21.9 Å². The molecule has 3 N–H and O–H groups in total. The Kier molecular flexibility index (Phi) is 6.50. The number of amides is 1. The maximum Gasteiger partial charge on any atom is 0.339 e. The van der Waals surface area contributed by atoms with E-state index < -0.39 is 23.5 Å². The standard InChI is InChI=1S/C29H29NO7/c1-15-19(11-12-25(32)30-23(28(33)34)13-17-7-9-18(31)10-8-17)29(35)37-26-16(2)27-22(14-21(15)26)20-5-3-4-6-24(20)36-27/h7-10,14,23,31H,3-6,11-13H2,1-2H3,(H,30,32)(H,33,34). The van der Waals surface area contributed by atoms with Gasteiger partial charge in [0.25, 0.3) is 0 Å². The molecule has 0 spiro atoms. The minimum Gasteiger partial charge on any atom is -0.508 e. The smallest absolute Gasteiger partial charge is 0.339 e. The zero-order valence-electron chi connectivity index (χ0n) is 20.8. The molecule has 0 bridgehead atoms. The van der Waals surface area contributed by atoms with E-state index in [1.54, 1.807) is 12.1 Å². The van der Waals surface area contributed by atoms with Gasteiger partial charge in [-0.2, -0.15) is 0 Å². The molecule has 1 aliphatic rings. The molecule has 192 valence electrons. The van der Waals surface area contributed by atoms with Crippen molar-refractivity contribution in [3.05, 3.63) is 74.3 Å². The Morgan fingerprint density at radius 2 is 1.70 bits per heavy atom. The Morgan fingerprint density at radius 3 is 2.43 bits per heavy atom. The number of phenolic OH excluding ortho intramolecular Hbond substituents is 1. The number of carbonyl (C=O) groups excluding carboxylic acids is 1. The molecule has 8 heteroatoms. The van der Waals surface area contributed by atoms with Crippen molar-refractivity contribution in [1.82, 2.24) is 5.32 Å². The third-order valence-electron chi connectivity index (χ3n) is 7.34. The van der Waals surface area contributed by atoms with E-state index in [2.05, 4.69) is 5.32 Å². The maximum atomic E-state index is 12.9. The van der Waals surface area contributed by atoms with Crippen molar-refractivity contribution in [1.29, 1.82) is 0 Å². The van der Waals surface area contributed by atoms with Gasteiger partial charge in [0.05, 0.1) is 0 Å². The first-order valence-electron chi connectivity index (χ1n) is 12.5. The summed E-state index contributed by atoms with van der Waals surface area (Å²) in [5, 5.41) is 23.4. The molecule has 2 aromatic carbocycles. The van der Waals surface area contributed by atoms with Crippen LogP contribution in [0, 0.1) is 13.8 Å². The highest BCUT2D eigenvalue weighted by atomic mass is 16.4. The first-order chi connectivity index (χ1) is 17.7. The van der Waals surface area contributed by atoms with Gasteiger partial charge in [0.2, 0.25) is 5.91 Å². The van der Waals surface area contributed by atoms with Crippen LogP contribution in [0.5, 0.6) is 5.75 Å². The summed E-state index contributed by atoms with van der Waals surface area (Å²) < 4.78 is 11.9. The summed E-state index contributed by atoms with van der Waals surface area (Å²) in [6.45, 7) is 3.75. The average Bonchev–Trinajstić information content (AvgIpc) is 3.25. The molecule has 2 aromatic heterocycles. The predicted molar refractivity (Wildman–Crippen MR) is 138 cm³/mol. The highest BCUT2D eigenvalue weighted by Gasteiger charge is 2.24. The molecule has 1 unspecified atom stereocenters. The van der Waals surface area contributed by atoms with Crippen molar-refractivity contribution >= 4 is 33.8 Å². The van der Waals surface area contributed by atoms with Gasteiger partial charge in [-0.05, 0) is 68.9 Å². The number of nitrogens with one attached hydrogen (secondary N) is 1. The molecular weight excluding hydrogens is 474 g/mol. The van der Waals surface area contributed by atoms with Crippen LogP contribution in [0.1, 0.15) is 52.8 Å². The normalized spacial score (nSPS) is 14.0. The number of aryl methyl sites for hydroxylation is 4. The first kappa shape index (κ1) is 24.6. The molecule has 8 nitrogen and oxygen atoms in total. The van der Waals surface area contributed by atoms with Gasteiger partial charge in [-0.3, -0.25) is 4.79 Å². The summed E-state index contributed by atoms with van der Waals surface area (Å²) in [5.41, 5.74) is 4.61. The monoisotopic (exact) mass is 503 g/mol. The molecule has 37 heavy (non-hydrogen) atoms. The number of rotatable bonds is 7. The van der Waals surface area contributed by atoms with Gasteiger partial charge in [0.1, 0.15) is 28.7 Å². The molecule has 4 aromatic rings. The number of phenols is 1. The summed E-state index contributed by atoms with van der Waals surface area (Å²) in [6, 6.07) is 7.05. The topological polar surface area (TPSA) is 130 Å². The quantitative estimate of drug-likeness (QED) is 0.317. The number of furan rings is 1. The molecule has 0 saturated carbocycles. The second-order valence-electron chi connectivity index (χ2n) is 9.79. The summed E-state index contributed by atoms with van der Waals surface area (Å²) in [6.07, 6.45) is 4.23. The summed E-state index contributed by atoms with van der Waals surface area (Å²) in [7, 11) is 0. The fourth-order valence-electron chi connectivity index (χ4n) is 5.28. The van der Waals surface area contributed by atoms with E-state index in [0.717, 1.165) is 58.9 Å². The van der Waals surface area contributed by atoms with E-state index in [-0.39, 0.29) is 25.0 Å². The molecule has 0 radical (unpaired) electrons. The van der Waals surface area contributed by atoms with Gasteiger partial charge in [-0.25, -0.2) is 9.59 Å². The predicted octanol–water partition coefficient (Wildman–Crippen LogP) is 4.49. The first-order valence-corrected chi connectivity index (χ1v) is 12.5. The molecule has 0 fully saturated rings. The molecule has 0 saturated heterocycles. The van der Waals surface area contributed by atoms with Crippen LogP contribution in [-0.2, 0) is 35.3 Å². The SMILES string of the molecule is Cc1c(CCC(=O)NC(Cc2ccc(O)cc2)C(=O)O)c(=O)oc2c(C)c3oc4c(c3cc12)CCCC4. The zero-order valence-corrected chi connectivity index (χ0v) is 20.8. The van der Waals surface area contributed by atoms with Gasteiger partial charge >= 0.3 is 11.6 Å².